The third-order valence-corrected chi connectivity index (χ3v) is 3.98. The number of nitro groups is 1. The molecule has 0 radical (unpaired) electrons. The summed E-state index contributed by atoms with van der Waals surface area (Å²) >= 11 is 1.24. The highest BCUT2D eigenvalue weighted by molar-refractivity contribution is 7.15. The molecule has 1 fully saturated rings. The molecule has 1 aliphatic rings. The SMILES string of the molecule is CN(CCNCc1ccc([N+](=O)[O-])s1)C1CC1. The van der Waals surface area contributed by atoms with Crippen molar-refractivity contribution in [3.05, 3.63) is 27.1 Å². The molecule has 94 valence electrons. The Morgan fingerprint density at radius 1 is 1.59 bits per heavy atom. The van der Waals surface area contributed by atoms with Crippen LogP contribution in [-0.4, -0.2) is 36.0 Å². The summed E-state index contributed by atoms with van der Waals surface area (Å²) in [7, 11) is 2.15. The Kier molecular flexibility index (Phi) is 4.09. The van der Waals surface area contributed by atoms with Crippen LogP contribution in [0.15, 0.2) is 12.1 Å². The van der Waals surface area contributed by atoms with Crippen molar-refractivity contribution in [3.8, 4) is 0 Å². The average molecular weight is 255 g/mol. The van der Waals surface area contributed by atoms with Gasteiger partial charge in [0.15, 0.2) is 0 Å². The van der Waals surface area contributed by atoms with Gasteiger partial charge in [0.1, 0.15) is 0 Å². The molecule has 5 nitrogen and oxygen atoms in total. The molecule has 2 rings (SSSR count). The first-order valence-electron chi connectivity index (χ1n) is 5.81. The standard InChI is InChI=1S/C11H17N3O2S/c1-13(9-2-3-9)7-6-12-8-10-4-5-11(17-10)14(15)16/h4-5,9,12H,2-3,6-8H2,1H3. The number of nitrogens with one attached hydrogen (secondary N) is 1. The summed E-state index contributed by atoms with van der Waals surface area (Å²) in [5, 5.41) is 14.0. The monoisotopic (exact) mass is 255 g/mol. The zero-order chi connectivity index (χ0) is 12.3. The molecule has 1 aliphatic carbocycles. The van der Waals surface area contributed by atoms with Crippen LogP contribution < -0.4 is 5.32 Å². The van der Waals surface area contributed by atoms with Crippen LogP contribution in [0, 0.1) is 10.1 Å². The summed E-state index contributed by atoms with van der Waals surface area (Å²) in [4.78, 5) is 13.6. The molecule has 1 heterocycles. The number of thiophene rings is 1. The van der Waals surface area contributed by atoms with Crippen molar-refractivity contribution in [2.24, 2.45) is 0 Å². The summed E-state index contributed by atoms with van der Waals surface area (Å²) in [6.45, 7) is 2.69. The van der Waals surface area contributed by atoms with Gasteiger partial charge in [0.2, 0.25) is 0 Å². The number of likely N-dealkylation sites (N-methyl/N-ethyl adjacent to an activating group) is 1. The second-order valence-corrected chi connectivity index (χ2v) is 5.53. The van der Waals surface area contributed by atoms with Crippen molar-refractivity contribution in [2.75, 3.05) is 20.1 Å². The summed E-state index contributed by atoms with van der Waals surface area (Å²) in [6.07, 6.45) is 2.65. The molecule has 1 N–H and O–H groups in total. The quantitative estimate of drug-likeness (QED) is 0.459. The predicted molar refractivity (Wildman–Crippen MR) is 68.3 cm³/mol. The van der Waals surface area contributed by atoms with E-state index in [0.29, 0.717) is 0 Å². The summed E-state index contributed by atoms with van der Waals surface area (Å²) in [6, 6.07) is 4.18. The zero-order valence-electron chi connectivity index (χ0n) is 9.89. The van der Waals surface area contributed by atoms with Gasteiger partial charge in [-0.05, 0) is 26.0 Å². The van der Waals surface area contributed by atoms with Gasteiger partial charge < -0.3 is 10.2 Å². The van der Waals surface area contributed by atoms with E-state index in [4.69, 9.17) is 0 Å². The Morgan fingerprint density at radius 3 is 2.94 bits per heavy atom. The predicted octanol–water partition coefficient (Wildman–Crippen LogP) is 1.84. The molecule has 0 spiro atoms. The normalized spacial score (nSPS) is 15.4. The Bertz CT molecular complexity index is 390. The maximum Gasteiger partial charge on any atom is 0.324 e. The van der Waals surface area contributed by atoms with Crippen LogP contribution in [0.2, 0.25) is 0 Å². The van der Waals surface area contributed by atoms with Crippen molar-refractivity contribution in [3.63, 3.8) is 0 Å². The summed E-state index contributed by atoms with van der Waals surface area (Å²) in [5.74, 6) is 0. The maximum absolute atomic E-state index is 10.5. The largest absolute Gasteiger partial charge is 0.324 e. The second kappa shape index (κ2) is 5.57. The van der Waals surface area contributed by atoms with E-state index in [1.807, 2.05) is 6.07 Å². The van der Waals surface area contributed by atoms with Crippen LogP contribution in [0.1, 0.15) is 17.7 Å². The number of rotatable bonds is 7. The first-order chi connectivity index (χ1) is 8.16. The van der Waals surface area contributed by atoms with E-state index in [2.05, 4.69) is 17.3 Å². The molecule has 0 saturated heterocycles. The van der Waals surface area contributed by atoms with Crippen LogP contribution in [0.4, 0.5) is 5.00 Å². The maximum atomic E-state index is 10.5. The van der Waals surface area contributed by atoms with Crippen molar-refractivity contribution in [2.45, 2.75) is 25.4 Å². The highest BCUT2D eigenvalue weighted by atomic mass is 32.1. The van der Waals surface area contributed by atoms with E-state index in [1.165, 1.54) is 24.2 Å². The smallest absolute Gasteiger partial charge is 0.311 e. The van der Waals surface area contributed by atoms with Gasteiger partial charge in [-0.3, -0.25) is 10.1 Å². The molecule has 6 heteroatoms. The van der Waals surface area contributed by atoms with Crippen LogP contribution in [0.5, 0.6) is 0 Å². The highest BCUT2D eigenvalue weighted by Gasteiger charge is 2.25. The molecular weight excluding hydrogens is 238 g/mol. The summed E-state index contributed by atoms with van der Waals surface area (Å²) in [5.41, 5.74) is 0. The van der Waals surface area contributed by atoms with Crippen molar-refractivity contribution in [1.82, 2.24) is 10.2 Å². The third-order valence-electron chi connectivity index (χ3n) is 2.94. The average Bonchev–Trinajstić information content (AvgIpc) is 3.03. The molecule has 0 atom stereocenters. The number of nitrogens with zero attached hydrogens (tertiary/aromatic N) is 2. The fourth-order valence-corrected chi connectivity index (χ4v) is 2.51. The molecular formula is C11H17N3O2S. The lowest BCUT2D eigenvalue weighted by Gasteiger charge is -2.15. The number of hydrogen-bond donors (Lipinski definition) is 1. The van der Waals surface area contributed by atoms with Crippen molar-refractivity contribution in [1.29, 1.82) is 0 Å². The van der Waals surface area contributed by atoms with E-state index in [-0.39, 0.29) is 9.92 Å². The van der Waals surface area contributed by atoms with E-state index >= 15 is 0 Å². The first-order valence-corrected chi connectivity index (χ1v) is 6.62. The van der Waals surface area contributed by atoms with Crippen LogP contribution in [0.3, 0.4) is 0 Å². The lowest BCUT2D eigenvalue weighted by molar-refractivity contribution is -0.380. The van der Waals surface area contributed by atoms with E-state index in [9.17, 15) is 10.1 Å². The van der Waals surface area contributed by atoms with Crippen LogP contribution in [0.25, 0.3) is 0 Å². The van der Waals surface area contributed by atoms with E-state index in [1.54, 1.807) is 6.07 Å². The topological polar surface area (TPSA) is 58.4 Å². The third kappa shape index (κ3) is 3.76. The molecule has 0 aliphatic heterocycles. The Balaban J connectivity index is 1.65. The molecule has 1 aromatic heterocycles. The fraction of sp³-hybridized carbons (Fsp3) is 0.636. The molecule has 0 amide bonds. The molecule has 0 unspecified atom stereocenters. The van der Waals surface area contributed by atoms with Crippen molar-refractivity contribution >= 4 is 16.3 Å². The fourth-order valence-electron chi connectivity index (χ4n) is 1.72. The molecule has 0 aromatic carbocycles. The zero-order valence-corrected chi connectivity index (χ0v) is 10.7. The Hall–Kier alpha value is -0.980. The molecule has 0 bridgehead atoms. The van der Waals surface area contributed by atoms with Gasteiger partial charge in [0.05, 0.1) is 4.92 Å². The second-order valence-electron chi connectivity index (χ2n) is 4.39. The molecule has 1 aromatic rings. The van der Waals surface area contributed by atoms with Gasteiger partial charge in [-0.1, -0.05) is 11.3 Å². The van der Waals surface area contributed by atoms with Gasteiger partial charge in [-0.25, -0.2) is 0 Å². The van der Waals surface area contributed by atoms with Gasteiger partial charge >= 0.3 is 5.00 Å². The minimum atomic E-state index is -0.338. The minimum Gasteiger partial charge on any atom is -0.311 e. The van der Waals surface area contributed by atoms with E-state index < -0.39 is 0 Å². The van der Waals surface area contributed by atoms with Gasteiger partial charge in [0.25, 0.3) is 0 Å². The lowest BCUT2D eigenvalue weighted by atomic mass is 10.4. The van der Waals surface area contributed by atoms with Crippen molar-refractivity contribution < 1.29 is 4.92 Å². The van der Waals surface area contributed by atoms with Crippen LogP contribution in [-0.2, 0) is 6.54 Å². The van der Waals surface area contributed by atoms with Gasteiger partial charge in [-0.15, -0.1) is 0 Å². The highest BCUT2D eigenvalue weighted by Crippen LogP contribution is 2.25. The molecule has 1 saturated carbocycles. The summed E-state index contributed by atoms with van der Waals surface area (Å²) < 4.78 is 0. The first kappa shape index (κ1) is 12.5. The van der Waals surface area contributed by atoms with Gasteiger partial charge in [0, 0.05) is 36.6 Å². The Labute approximate surface area is 105 Å². The number of hydrogen-bond acceptors (Lipinski definition) is 5. The van der Waals surface area contributed by atoms with Crippen LogP contribution >= 0.6 is 11.3 Å². The van der Waals surface area contributed by atoms with E-state index in [0.717, 1.165) is 30.6 Å². The lowest BCUT2D eigenvalue weighted by Crippen LogP contribution is -2.30. The van der Waals surface area contributed by atoms with Gasteiger partial charge in [-0.2, -0.15) is 0 Å². The Morgan fingerprint density at radius 2 is 2.35 bits per heavy atom. The molecule has 17 heavy (non-hydrogen) atoms. The minimum absolute atomic E-state index is 0.219.